The number of sulfonamides is 1. The summed E-state index contributed by atoms with van der Waals surface area (Å²) in [5.74, 6) is -0.675. The highest BCUT2D eigenvalue weighted by Gasteiger charge is 2.27. The van der Waals surface area contributed by atoms with E-state index in [2.05, 4.69) is 19.7 Å². The highest BCUT2D eigenvalue weighted by Crippen LogP contribution is 2.39. The van der Waals surface area contributed by atoms with Gasteiger partial charge in [-0.3, -0.25) is 5.41 Å². The molecule has 0 aliphatic rings. The molecule has 0 radical (unpaired) electrons. The second-order valence-electron chi connectivity index (χ2n) is 6.36. The number of para-hydroxylation sites is 1. The Morgan fingerprint density at radius 3 is 2.48 bits per heavy atom. The average molecular weight is 560 g/mol. The van der Waals surface area contributed by atoms with Gasteiger partial charge in [-0.25, -0.2) is 12.6 Å². The molecular formula is C19H19BrN4O3S4. The highest BCUT2D eigenvalue weighted by molar-refractivity contribution is 9.10. The van der Waals surface area contributed by atoms with Crippen LogP contribution in [-0.4, -0.2) is 24.7 Å². The van der Waals surface area contributed by atoms with Gasteiger partial charge in [0, 0.05) is 10.2 Å². The molecule has 7 nitrogen and oxygen atoms in total. The second-order valence-corrected chi connectivity index (χ2v) is 13.4. The fraction of sp³-hybridized carbons (Fsp3) is 0.105. The van der Waals surface area contributed by atoms with Crippen LogP contribution in [0.4, 0.5) is 5.69 Å². The van der Waals surface area contributed by atoms with Crippen LogP contribution in [0.5, 0.6) is 0 Å². The van der Waals surface area contributed by atoms with Crippen LogP contribution < -0.4 is 11.5 Å². The van der Waals surface area contributed by atoms with Gasteiger partial charge >= 0.3 is 0 Å². The van der Waals surface area contributed by atoms with Crippen LogP contribution >= 0.6 is 39.0 Å². The zero-order valence-electron chi connectivity index (χ0n) is 16.2. The van der Waals surface area contributed by atoms with Gasteiger partial charge in [-0.2, -0.15) is 0 Å². The van der Waals surface area contributed by atoms with Gasteiger partial charge in [-0.05, 0) is 42.2 Å². The molecule has 0 fully saturated rings. The van der Waals surface area contributed by atoms with Crippen molar-refractivity contribution in [1.82, 2.24) is 0 Å². The number of thioether (sulfide) groups is 1. The quantitative estimate of drug-likeness (QED) is 0.168. The number of anilines is 1. The SMILES string of the molecule is CSc1sc(C(=N)N)cc1S(=O)(=NS(=O)(=O)Cc1ccccc1N)c1cccc(Br)c1. The summed E-state index contributed by atoms with van der Waals surface area (Å²) in [5, 5.41) is 7.73. The van der Waals surface area contributed by atoms with Crippen molar-refractivity contribution in [3.8, 4) is 0 Å². The summed E-state index contributed by atoms with van der Waals surface area (Å²) in [4.78, 5) is 0.842. The van der Waals surface area contributed by atoms with Crippen LogP contribution in [0.25, 0.3) is 0 Å². The number of nitrogens with two attached hydrogens (primary N) is 2. The molecule has 3 aromatic rings. The predicted molar refractivity (Wildman–Crippen MR) is 132 cm³/mol. The van der Waals surface area contributed by atoms with E-state index in [0.29, 0.717) is 24.8 Å². The van der Waals surface area contributed by atoms with Crippen molar-refractivity contribution in [3.05, 3.63) is 69.5 Å². The number of amidine groups is 1. The van der Waals surface area contributed by atoms with Gasteiger partial charge in [-0.1, -0.05) is 40.2 Å². The number of hydrogen-bond donors (Lipinski definition) is 3. The number of halogens is 1. The highest BCUT2D eigenvalue weighted by atomic mass is 79.9. The van der Waals surface area contributed by atoms with Crippen molar-refractivity contribution < 1.29 is 12.6 Å². The molecule has 1 atom stereocenters. The standard InChI is InChI=1S/C19H19BrN4O3S4/c1-28-19-17(10-16(29-19)18(22)23)31(27,14-7-4-6-13(20)9-14)24-30(25,26)11-12-5-2-3-8-15(12)21/h2-10H,11,21H2,1H3,(H3,22,23). The van der Waals surface area contributed by atoms with Gasteiger partial charge in [0.2, 0.25) is 0 Å². The maximum Gasteiger partial charge on any atom is 0.265 e. The maximum absolute atomic E-state index is 14.3. The Labute approximate surface area is 198 Å². The summed E-state index contributed by atoms with van der Waals surface area (Å²) >= 11 is 5.81. The van der Waals surface area contributed by atoms with Crippen LogP contribution in [0.2, 0.25) is 0 Å². The molecule has 0 saturated heterocycles. The monoisotopic (exact) mass is 558 g/mol. The van der Waals surface area contributed by atoms with Gasteiger partial charge < -0.3 is 11.5 Å². The Morgan fingerprint density at radius 1 is 1.16 bits per heavy atom. The maximum atomic E-state index is 14.3. The van der Waals surface area contributed by atoms with Gasteiger partial charge in [-0.15, -0.1) is 26.9 Å². The topological polar surface area (TPSA) is 139 Å². The van der Waals surface area contributed by atoms with Crippen molar-refractivity contribution in [2.24, 2.45) is 9.50 Å². The number of nitrogens with one attached hydrogen (secondary N) is 1. The van der Waals surface area contributed by atoms with Gasteiger partial charge in [0.25, 0.3) is 10.0 Å². The first-order valence-corrected chi connectivity index (χ1v) is 14.6. The molecule has 0 spiro atoms. The molecule has 3 rings (SSSR count). The van der Waals surface area contributed by atoms with E-state index in [9.17, 15) is 12.6 Å². The lowest BCUT2D eigenvalue weighted by Gasteiger charge is -2.12. The molecule has 5 N–H and O–H groups in total. The van der Waals surface area contributed by atoms with E-state index in [1.54, 1.807) is 54.8 Å². The van der Waals surface area contributed by atoms with Crippen LogP contribution in [0, 0.1) is 5.41 Å². The summed E-state index contributed by atoms with van der Waals surface area (Å²) in [6.07, 6.45) is 1.78. The van der Waals surface area contributed by atoms with E-state index in [4.69, 9.17) is 16.9 Å². The van der Waals surface area contributed by atoms with E-state index in [0.717, 1.165) is 0 Å². The van der Waals surface area contributed by atoms with E-state index < -0.39 is 25.5 Å². The molecule has 1 aromatic heterocycles. The molecule has 2 aromatic carbocycles. The lowest BCUT2D eigenvalue weighted by Crippen LogP contribution is -2.11. The summed E-state index contributed by atoms with van der Waals surface area (Å²) in [5.41, 5.74) is 12.2. The first-order valence-electron chi connectivity index (χ1n) is 8.68. The first kappa shape index (κ1) is 23.8. The summed E-state index contributed by atoms with van der Waals surface area (Å²) in [6, 6.07) is 14.6. The second kappa shape index (κ2) is 9.33. The molecule has 0 aliphatic carbocycles. The Balaban J connectivity index is 2.29. The van der Waals surface area contributed by atoms with E-state index in [1.165, 1.54) is 29.2 Å². The van der Waals surface area contributed by atoms with Crippen LogP contribution in [-0.2, 0) is 25.5 Å². The van der Waals surface area contributed by atoms with Crippen molar-refractivity contribution in [2.75, 3.05) is 12.0 Å². The number of rotatable bonds is 7. The predicted octanol–water partition coefficient (Wildman–Crippen LogP) is 4.51. The van der Waals surface area contributed by atoms with Gasteiger partial charge in [0.15, 0.2) is 0 Å². The van der Waals surface area contributed by atoms with Gasteiger partial charge in [0.1, 0.15) is 15.6 Å². The zero-order valence-corrected chi connectivity index (χ0v) is 21.1. The molecule has 0 aliphatic heterocycles. The fourth-order valence-electron chi connectivity index (χ4n) is 2.72. The third-order valence-corrected chi connectivity index (χ3v) is 11.4. The number of nitrogen functional groups attached to an aromatic ring is 2. The van der Waals surface area contributed by atoms with Crippen molar-refractivity contribution in [2.45, 2.75) is 19.8 Å². The van der Waals surface area contributed by atoms with E-state index in [1.807, 2.05) is 0 Å². The Bertz CT molecular complexity index is 1380. The Kier molecular flexibility index (Phi) is 7.16. The smallest absolute Gasteiger partial charge is 0.265 e. The average Bonchev–Trinajstić information content (AvgIpc) is 3.15. The minimum absolute atomic E-state index is 0.192. The third kappa shape index (κ3) is 5.32. The molecule has 0 saturated carbocycles. The zero-order chi connectivity index (χ0) is 22.8. The van der Waals surface area contributed by atoms with Crippen molar-refractivity contribution in [3.63, 3.8) is 0 Å². The molecule has 1 unspecified atom stereocenters. The Hall–Kier alpha value is -1.86. The van der Waals surface area contributed by atoms with Crippen LogP contribution in [0.1, 0.15) is 10.4 Å². The van der Waals surface area contributed by atoms with E-state index in [-0.39, 0.29) is 15.6 Å². The largest absolute Gasteiger partial charge is 0.398 e. The number of nitrogens with zero attached hydrogens (tertiary/aromatic N) is 1. The molecule has 0 bridgehead atoms. The summed E-state index contributed by atoms with van der Waals surface area (Å²) in [7, 11) is -7.81. The molecule has 31 heavy (non-hydrogen) atoms. The number of thiophene rings is 1. The lowest BCUT2D eigenvalue weighted by molar-refractivity contribution is 0.597. The minimum Gasteiger partial charge on any atom is -0.398 e. The van der Waals surface area contributed by atoms with Crippen LogP contribution in [0.15, 0.2) is 76.8 Å². The Morgan fingerprint density at radius 2 is 1.87 bits per heavy atom. The normalized spacial score (nSPS) is 13.5. The van der Waals surface area contributed by atoms with Crippen molar-refractivity contribution >= 4 is 70.3 Å². The summed E-state index contributed by atoms with van der Waals surface area (Å²) < 4.78 is 45.6. The molecule has 1 heterocycles. The third-order valence-electron chi connectivity index (χ3n) is 4.14. The minimum atomic E-state index is -4.20. The molecular weight excluding hydrogens is 540 g/mol. The van der Waals surface area contributed by atoms with Gasteiger partial charge in [0.05, 0.1) is 24.6 Å². The lowest BCUT2D eigenvalue weighted by atomic mass is 10.2. The van der Waals surface area contributed by atoms with Crippen LogP contribution in [0.3, 0.4) is 0 Å². The molecule has 12 heteroatoms. The molecule has 164 valence electrons. The first-order chi connectivity index (χ1) is 14.6. The number of hydrogen-bond acceptors (Lipinski definition) is 7. The van der Waals surface area contributed by atoms with E-state index >= 15 is 0 Å². The fourth-order valence-corrected chi connectivity index (χ4v) is 10.0. The summed E-state index contributed by atoms with van der Waals surface area (Å²) in [6.45, 7) is 0. The van der Waals surface area contributed by atoms with Crippen molar-refractivity contribution in [1.29, 1.82) is 5.41 Å². The molecule has 0 amide bonds. The number of benzene rings is 2.